The van der Waals surface area contributed by atoms with E-state index in [1.807, 2.05) is 23.5 Å². The number of hydrogen-bond acceptors (Lipinski definition) is 2. The quantitative estimate of drug-likeness (QED) is 0.221. The summed E-state index contributed by atoms with van der Waals surface area (Å²) >= 11 is 6.75. The summed E-state index contributed by atoms with van der Waals surface area (Å²) in [5.74, 6) is 4.79. The number of halogens is 1. The van der Waals surface area contributed by atoms with Crippen LogP contribution in [0.25, 0.3) is 0 Å². The van der Waals surface area contributed by atoms with E-state index in [1.54, 1.807) is 0 Å². The van der Waals surface area contributed by atoms with Crippen LogP contribution in [-0.2, 0) is 0 Å². The van der Waals surface area contributed by atoms with Crippen molar-refractivity contribution < 1.29 is 0 Å². The third-order valence-electron chi connectivity index (χ3n) is 4.70. The fraction of sp³-hybridized carbons (Fsp3) is 0.167. The normalized spacial score (nSPS) is 12.8. The number of thioether (sulfide) groups is 2. The number of benzene rings is 3. The third kappa shape index (κ3) is 4.23. The molecular weight excluding hydrogens is 510 g/mol. The molecule has 3 aromatic rings. The van der Waals surface area contributed by atoms with Crippen LogP contribution in [-0.4, -0.2) is 11.5 Å². The van der Waals surface area contributed by atoms with Gasteiger partial charge in [-0.3, -0.25) is 0 Å². The monoisotopic (exact) mass is 536 g/mol. The van der Waals surface area contributed by atoms with E-state index in [2.05, 4.69) is 133 Å². The van der Waals surface area contributed by atoms with Gasteiger partial charge in [0.25, 0.3) is 0 Å². The zero-order valence-electron chi connectivity index (χ0n) is 16.3. The van der Waals surface area contributed by atoms with Gasteiger partial charge in [-0.15, -0.1) is 0 Å². The van der Waals surface area contributed by atoms with Gasteiger partial charge in [-0.2, -0.15) is 0 Å². The summed E-state index contributed by atoms with van der Waals surface area (Å²) in [4.78, 5) is 0. The topological polar surface area (TPSA) is 0 Å². The van der Waals surface area contributed by atoms with E-state index >= 15 is 0 Å². The molecule has 0 aliphatic rings. The Hall–Kier alpha value is -0.740. The van der Waals surface area contributed by atoms with E-state index in [-0.39, 0.29) is 0 Å². The molecule has 3 aromatic carbocycles. The first-order chi connectivity index (χ1) is 13.6. The van der Waals surface area contributed by atoms with Crippen LogP contribution in [0, 0.1) is 0 Å². The van der Waals surface area contributed by atoms with E-state index in [1.165, 1.54) is 20.2 Å². The molecule has 0 spiro atoms. The molecular formula is C24H26IPS2. The van der Waals surface area contributed by atoms with E-state index in [4.69, 9.17) is 0 Å². The van der Waals surface area contributed by atoms with Gasteiger partial charge in [0.2, 0.25) is 0 Å². The second-order valence-electron chi connectivity index (χ2n) is 6.39. The average molecular weight is 536 g/mol. The van der Waals surface area contributed by atoms with Gasteiger partial charge in [-0.05, 0) is 0 Å². The molecule has 4 heteroatoms. The molecule has 0 unspecified atom stereocenters. The second kappa shape index (κ2) is 9.84. The van der Waals surface area contributed by atoms with Crippen LogP contribution >= 0.6 is 49.8 Å². The molecule has 0 heterocycles. The molecule has 0 radical (unpaired) electrons. The van der Waals surface area contributed by atoms with Gasteiger partial charge in [0.1, 0.15) is 0 Å². The summed E-state index contributed by atoms with van der Waals surface area (Å²) in [6, 6.07) is 33.3. The molecule has 0 fully saturated rings. The van der Waals surface area contributed by atoms with Crippen molar-refractivity contribution in [2.75, 3.05) is 11.5 Å². The van der Waals surface area contributed by atoms with Crippen molar-refractivity contribution >= 4 is 65.7 Å². The van der Waals surface area contributed by atoms with Crippen molar-refractivity contribution in [1.29, 1.82) is 0 Å². The van der Waals surface area contributed by atoms with Crippen molar-refractivity contribution in [2.45, 2.75) is 13.8 Å². The summed E-state index contributed by atoms with van der Waals surface area (Å²) < 4.78 is -1.39. The Labute approximate surface area is 191 Å². The van der Waals surface area contributed by atoms with Gasteiger partial charge in [0, 0.05) is 0 Å². The summed E-state index contributed by atoms with van der Waals surface area (Å²) in [5.41, 5.74) is 0. The van der Waals surface area contributed by atoms with Crippen molar-refractivity contribution in [1.82, 2.24) is 0 Å². The molecule has 0 amide bonds. The zero-order chi connectivity index (χ0) is 19.9. The molecule has 0 nitrogen and oxygen atoms in total. The van der Waals surface area contributed by atoms with Crippen LogP contribution in [0.3, 0.4) is 0 Å². The molecule has 28 heavy (non-hydrogen) atoms. The van der Waals surface area contributed by atoms with Crippen molar-refractivity contribution in [3.05, 3.63) is 101 Å². The van der Waals surface area contributed by atoms with E-state index in [9.17, 15) is 0 Å². The summed E-state index contributed by atoms with van der Waals surface area (Å²) in [5, 5.41) is 4.20. The predicted octanol–water partition coefficient (Wildman–Crippen LogP) is 7.17. The maximum absolute atomic E-state index is 2.83. The number of rotatable bonds is 8. The first-order valence-corrected chi connectivity index (χ1v) is 16.6. The Kier molecular flexibility index (Phi) is 7.72. The van der Waals surface area contributed by atoms with Crippen LogP contribution in [0.5, 0.6) is 0 Å². The molecule has 0 aliphatic heterocycles. The average Bonchev–Trinajstić information content (AvgIpc) is 2.76. The van der Waals surface area contributed by atoms with Gasteiger partial charge in [0.15, 0.2) is 0 Å². The second-order valence-corrected chi connectivity index (χ2v) is 19.2. The molecule has 0 N–H and O–H groups in total. The first-order valence-electron chi connectivity index (χ1n) is 9.52. The van der Waals surface area contributed by atoms with Crippen LogP contribution in [0.1, 0.15) is 13.8 Å². The molecule has 3 rings (SSSR count). The van der Waals surface area contributed by atoms with Gasteiger partial charge >= 0.3 is 192 Å². The van der Waals surface area contributed by atoms with Crippen molar-refractivity contribution in [3.63, 3.8) is 0 Å². The van der Waals surface area contributed by atoms with E-state index in [0.29, 0.717) is 0 Å². The molecule has 0 aliphatic carbocycles. The molecule has 146 valence electrons. The van der Waals surface area contributed by atoms with Gasteiger partial charge < -0.3 is 0 Å². The van der Waals surface area contributed by atoms with Crippen molar-refractivity contribution in [2.24, 2.45) is 0 Å². The summed E-state index contributed by atoms with van der Waals surface area (Å²) in [6.07, 6.45) is 0. The van der Waals surface area contributed by atoms with E-state index in [0.717, 1.165) is 11.5 Å². The Balaban J connectivity index is 2.45. The van der Waals surface area contributed by atoms with Crippen LogP contribution in [0.15, 0.2) is 101 Å². The SMILES string of the molecule is CCSC(=CP(I)(c1ccccc1)(c1ccccc1)c1ccccc1)SCC. The first kappa shape index (κ1) is 22.0. The summed E-state index contributed by atoms with van der Waals surface area (Å²) in [6.45, 7) is 4.48. The minimum atomic E-state index is -2.81. The van der Waals surface area contributed by atoms with Gasteiger partial charge in [-0.1, -0.05) is 0 Å². The molecule has 0 saturated heterocycles. The van der Waals surface area contributed by atoms with Crippen LogP contribution < -0.4 is 15.9 Å². The van der Waals surface area contributed by atoms with Gasteiger partial charge in [-0.25, -0.2) is 0 Å². The molecule has 0 aromatic heterocycles. The Morgan fingerprint density at radius 3 is 1.29 bits per heavy atom. The molecule has 0 bridgehead atoms. The van der Waals surface area contributed by atoms with Gasteiger partial charge in [0.05, 0.1) is 0 Å². The third-order valence-corrected chi connectivity index (χ3v) is 17.7. The predicted molar refractivity (Wildman–Crippen MR) is 144 cm³/mol. The standard InChI is InChI=1S/C24H26IPS2/c1-3-27-24(28-4-2)20-26(25,21-14-8-5-9-15-21,22-16-10-6-11-17-22)23-18-12-7-13-19-23/h5-20H,3-4H2,1-2H3. The fourth-order valence-electron chi connectivity index (χ4n) is 3.43. The Bertz CT molecular complexity index is 804. The Morgan fingerprint density at radius 1 is 0.679 bits per heavy atom. The maximum atomic E-state index is 2.83. The van der Waals surface area contributed by atoms with Crippen molar-refractivity contribution in [3.8, 4) is 0 Å². The molecule has 0 saturated carbocycles. The van der Waals surface area contributed by atoms with Crippen LogP contribution in [0.4, 0.5) is 0 Å². The minimum absolute atomic E-state index is 1.08. The number of hydrogen-bond donors (Lipinski definition) is 0. The van der Waals surface area contributed by atoms with Crippen LogP contribution in [0.2, 0.25) is 0 Å². The zero-order valence-corrected chi connectivity index (χ0v) is 21.0. The summed E-state index contributed by atoms with van der Waals surface area (Å²) in [7, 11) is 0. The molecule has 0 atom stereocenters. The fourth-order valence-corrected chi connectivity index (χ4v) is 15.8. The Morgan fingerprint density at radius 2 is 1.00 bits per heavy atom. The van der Waals surface area contributed by atoms with E-state index < -0.39 is 4.25 Å².